The van der Waals surface area contributed by atoms with E-state index in [0.29, 0.717) is 0 Å². The smallest absolute Gasteiger partial charge is 0.269 e. The largest absolute Gasteiger partial charge is 0.330 e. The molecule has 142 valence electrons. The van der Waals surface area contributed by atoms with E-state index in [1.807, 2.05) is 47.7 Å². The average molecular weight is 374 g/mol. The number of carbonyl (C=O) groups is 1. The molecule has 5 nitrogen and oxygen atoms in total. The van der Waals surface area contributed by atoms with E-state index < -0.39 is 4.92 Å². The molecule has 1 heterocycles. The maximum Gasteiger partial charge on any atom is 0.269 e. The van der Waals surface area contributed by atoms with E-state index in [0.717, 1.165) is 24.0 Å². The van der Waals surface area contributed by atoms with Gasteiger partial charge in [-0.3, -0.25) is 14.9 Å². The van der Waals surface area contributed by atoms with Crippen LogP contribution in [-0.4, -0.2) is 15.6 Å². The third-order valence-electron chi connectivity index (χ3n) is 4.68. The molecule has 1 aromatic rings. The molecule has 0 radical (unpaired) electrons. The van der Waals surface area contributed by atoms with Gasteiger partial charge < -0.3 is 4.90 Å². The number of non-ortho nitro benzene ring substituents is 1. The van der Waals surface area contributed by atoms with Crippen LogP contribution < -0.4 is 0 Å². The minimum Gasteiger partial charge on any atom is -0.330 e. The van der Waals surface area contributed by atoms with E-state index in [9.17, 15) is 14.9 Å². The molecule has 1 aromatic carbocycles. The van der Waals surface area contributed by atoms with Crippen molar-refractivity contribution in [3.63, 3.8) is 0 Å². The van der Waals surface area contributed by atoms with Gasteiger partial charge in [0.05, 0.1) is 4.92 Å². The standard InChI is InChI=1S/C23H22N2O3/c1-2-18-3-7-21(8-4-18)23(26)13-16-24-14-11-20(12-15-24)17-19-5-9-22(10-6-19)25(27)28/h3-7,9-17,21H,2,8H2,1H3/b16-13+. The predicted octanol–water partition coefficient (Wildman–Crippen LogP) is 5.32. The van der Waals surface area contributed by atoms with Crippen LogP contribution in [0, 0.1) is 16.0 Å². The molecule has 1 aliphatic heterocycles. The molecule has 1 aliphatic carbocycles. The van der Waals surface area contributed by atoms with Gasteiger partial charge in [-0.05, 0) is 60.4 Å². The Morgan fingerprint density at radius 1 is 1.21 bits per heavy atom. The number of nitro benzene ring substituents is 1. The number of hydrogen-bond acceptors (Lipinski definition) is 4. The number of allylic oxidation sites excluding steroid dienone is 8. The lowest BCUT2D eigenvalue weighted by Gasteiger charge is -2.15. The van der Waals surface area contributed by atoms with Crippen molar-refractivity contribution in [3.05, 3.63) is 106 Å². The summed E-state index contributed by atoms with van der Waals surface area (Å²) in [5.74, 6) is 0.0126. The predicted molar refractivity (Wildman–Crippen MR) is 111 cm³/mol. The monoisotopic (exact) mass is 374 g/mol. The van der Waals surface area contributed by atoms with Gasteiger partial charge in [0.2, 0.25) is 0 Å². The van der Waals surface area contributed by atoms with Crippen LogP contribution in [0.15, 0.2) is 90.5 Å². The van der Waals surface area contributed by atoms with Gasteiger partial charge in [-0.2, -0.15) is 0 Å². The zero-order valence-corrected chi connectivity index (χ0v) is 15.7. The normalized spacial score (nSPS) is 18.5. The van der Waals surface area contributed by atoms with E-state index in [1.54, 1.807) is 24.4 Å². The van der Waals surface area contributed by atoms with Crippen molar-refractivity contribution < 1.29 is 9.72 Å². The molecule has 0 amide bonds. The summed E-state index contributed by atoms with van der Waals surface area (Å²) >= 11 is 0. The van der Waals surface area contributed by atoms with Gasteiger partial charge in [-0.15, -0.1) is 0 Å². The second kappa shape index (κ2) is 8.95. The number of nitrogens with zero attached hydrogens (tertiary/aromatic N) is 2. The molecular weight excluding hydrogens is 352 g/mol. The fourth-order valence-corrected chi connectivity index (χ4v) is 2.95. The van der Waals surface area contributed by atoms with Crippen molar-refractivity contribution in [1.29, 1.82) is 0 Å². The van der Waals surface area contributed by atoms with Crippen LogP contribution >= 0.6 is 0 Å². The van der Waals surface area contributed by atoms with Gasteiger partial charge in [0.15, 0.2) is 5.78 Å². The molecule has 0 aromatic heterocycles. The second-order valence-corrected chi connectivity index (χ2v) is 6.62. The third kappa shape index (κ3) is 5.04. The Morgan fingerprint density at radius 3 is 2.50 bits per heavy atom. The number of ketones is 1. The van der Waals surface area contributed by atoms with E-state index in [4.69, 9.17) is 0 Å². The average Bonchev–Trinajstić information content (AvgIpc) is 2.73. The van der Waals surface area contributed by atoms with Crippen LogP contribution in [0.1, 0.15) is 25.3 Å². The minimum atomic E-state index is -0.412. The highest BCUT2D eigenvalue weighted by atomic mass is 16.6. The molecule has 0 spiro atoms. The summed E-state index contributed by atoms with van der Waals surface area (Å²) in [6, 6.07) is 6.41. The quantitative estimate of drug-likeness (QED) is 0.384. The maximum atomic E-state index is 12.3. The van der Waals surface area contributed by atoms with Crippen LogP contribution in [0.5, 0.6) is 0 Å². The first-order valence-corrected chi connectivity index (χ1v) is 9.24. The molecule has 0 N–H and O–H groups in total. The summed E-state index contributed by atoms with van der Waals surface area (Å²) in [6.45, 7) is 2.11. The summed E-state index contributed by atoms with van der Waals surface area (Å²) in [5.41, 5.74) is 3.21. The zero-order valence-electron chi connectivity index (χ0n) is 15.7. The van der Waals surface area contributed by atoms with Crippen LogP contribution in [0.3, 0.4) is 0 Å². The highest BCUT2D eigenvalue weighted by Gasteiger charge is 2.14. The van der Waals surface area contributed by atoms with Crippen LogP contribution in [0.25, 0.3) is 6.08 Å². The van der Waals surface area contributed by atoms with Crippen molar-refractivity contribution in [3.8, 4) is 0 Å². The highest BCUT2D eigenvalue weighted by Crippen LogP contribution is 2.20. The van der Waals surface area contributed by atoms with Gasteiger partial charge in [-0.25, -0.2) is 0 Å². The SMILES string of the molecule is CCC1=CCC(C(=O)/C=C/N2C=CC(=Cc3ccc([N+](=O)[O-])cc3)C=C2)C=C1. The third-order valence-corrected chi connectivity index (χ3v) is 4.68. The summed E-state index contributed by atoms with van der Waals surface area (Å²) in [6.07, 6.45) is 20.8. The van der Waals surface area contributed by atoms with E-state index in [2.05, 4.69) is 13.0 Å². The number of hydrogen-bond donors (Lipinski definition) is 0. The Bertz CT molecular complexity index is 915. The van der Waals surface area contributed by atoms with E-state index in [-0.39, 0.29) is 17.4 Å². The van der Waals surface area contributed by atoms with Gasteiger partial charge in [0.1, 0.15) is 0 Å². The first-order valence-electron chi connectivity index (χ1n) is 9.24. The Kier molecular flexibility index (Phi) is 6.17. The molecule has 0 bridgehead atoms. The topological polar surface area (TPSA) is 63.5 Å². The molecule has 1 atom stereocenters. The van der Waals surface area contributed by atoms with Crippen LogP contribution in [0.4, 0.5) is 5.69 Å². The van der Waals surface area contributed by atoms with Gasteiger partial charge in [-0.1, -0.05) is 30.7 Å². The Balaban J connectivity index is 1.56. The summed E-state index contributed by atoms with van der Waals surface area (Å²) in [7, 11) is 0. The van der Waals surface area contributed by atoms with Crippen molar-refractivity contribution in [2.75, 3.05) is 0 Å². The first kappa shape index (κ1) is 19.3. The van der Waals surface area contributed by atoms with E-state index in [1.165, 1.54) is 17.7 Å². The van der Waals surface area contributed by atoms with Crippen molar-refractivity contribution >= 4 is 17.5 Å². The molecule has 1 unspecified atom stereocenters. The lowest BCUT2D eigenvalue weighted by Crippen LogP contribution is -2.12. The number of rotatable bonds is 6. The summed E-state index contributed by atoms with van der Waals surface area (Å²) < 4.78 is 0. The van der Waals surface area contributed by atoms with Crippen molar-refractivity contribution in [1.82, 2.24) is 4.90 Å². The van der Waals surface area contributed by atoms with Gasteiger partial charge in [0, 0.05) is 36.7 Å². The molecule has 3 rings (SSSR count). The molecule has 28 heavy (non-hydrogen) atoms. The minimum absolute atomic E-state index is 0.0760. The van der Waals surface area contributed by atoms with Crippen molar-refractivity contribution in [2.45, 2.75) is 19.8 Å². The van der Waals surface area contributed by atoms with E-state index >= 15 is 0 Å². The molecule has 0 fully saturated rings. The lowest BCUT2D eigenvalue weighted by atomic mass is 9.92. The molecule has 5 heteroatoms. The Hall–Kier alpha value is -3.47. The number of carbonyl (C=O) groups excluding carboxylic acids is 1. The van der Waals surface area contributed by atoms with Gasteiger partial charge >= 0.3 is 0 Å². The second-order valence-electron chi connectivity index (χ2n) is 6.62. The summed E-state index contributed by atoms with van der Waals surface area (Å²) in [5, 5.41) is 10.7. The van der Waals surface area contributed by atoms with Crippen LogP contribution in [-0.2, 0) is 4.79 Å². The number of nitro groups is 1. The van der Waals surface area contributed by atoms with Crippen LogP contribution in [0.2, 0.25) is 0 Å². The molecular formula is C23H22N2O3. The highest BCUT2D eigenvalue weighted by molar-refractivity contribution is 5.93. The fourth-order valence-electron chi connectivity index (χ4n) is 2.95. The maximum absolute atomic E-state index is 12.3. The Labute approximate surface area is 164 Å². The van der Waals surface area contributed by atoms with Crippen molar-refractivity contribution in [2.24, 2.45) is 5.92 Å². The molecule has 2 aliphatic rings. The Morgan fingerprint density at radius 2 is 1.93 bits per heavy atom. The summed E-state index contributed by atoms with van der Waals surface area (Å²) in [4.78, 5) is 24.4. The molecule has 0 saturated carbocycles. The fraction of sp³-hybridized carbons (Fsp3) is 0.174. The molecule has 0 saturated heterocycles. The zero-order chi connectivity index (χ0) is 19.9. The first-order chi connectivity index (χ1) is 13.5. The van der Waals surface area contributed by atoms with Gasteiger partial charge in [0.25, 0.3) is 5.69 Å². The number of benzene rings is 1. The lowest BCUT2D eigenvalue weighted by molar-refractivity contribution is -0.384.